The maximum atomic E-state index is 12.4. The van der Waals surface area contributed by atoms with Crippen molar-refractivity contribution in [3.63, 3.8) is 0 Å². The van der Waals surface area contributed by atoms with Gasteiger partial charge < -0.3 is 4.90 Å². The van der Waals surface area contributed by atoms with Crippen molar-refractivity contribution in [2.45, 2.75) is 19.8 Å². The fourth-order valence-corrected chi connectivity index (χ4v) is 2.45. The molecule has 0 saturated carbocycles. The third kappa shape index (κ3) is 2.57. The predicted molar refractivity (Wildman–Crippen MR) is 75.7 cm³/mol. The molecule has 3 heterocycles. The Balaban J connectivity index is 1.73. The van der Waals surface area contributed by atoms with Crippen LogP contribution in [-0.4, -0.2) is 38.4 Å². The number of rotatable bonds is 2. The van der Waals surface area contributed by atoms with Crippen molar-refractivity contribution in [2.75, 3.05) is 13.1 Å². The highest BCUT2D eigenvalue weighted by molar-refractivity contribution is 5.94. The molecule has 0 aromatic carbocycles. The lowest BCUT2D eigenvalue weighted by molar-refractivity contribution is 0.0697. The highest BCUT2D eigenvalue weighted by Crippen LogP contribution is 2.18. The minimum Gasteiger partial charge on any atom is -0.339 e. The summed E-state index contributed by atoms with van der Waals surface area (Å²) in [5.41, 5.74) is 0.656. The normalized spacial score (nSPS) is 16.4. The van der Waals surface area contributed by atoms with E-state index in [0.29, 0.717) is 5.56 Å². The van der Waals surface area contributed by atoms with E-state index in [1.165, 1.54) is 0 Å². The molecule has 0 atom stereocenters. The summed E-state index contributed by atoms with van der Waals surface area (Å²) in [4.78, 5) is 22.6. The second-order valence-electron chi connectivity index (χ2n) is 5.35. The average molecular weight is 270 g/mol. The van der Waals surface area contributed by atoms with Crippen LogP contribution in [0.5, 0.6) is 0 Å². The molecule has 2 aromatic rings. The zero-order valence-corrected chi connectivity index (χ0v) is 11.6. The Labute approximate surface area is 118 Å². The summed E-state index contributed by atoms with van der Waals surface area (Å²) in [6, 6.07) is 3.68. The van der Waals surface area contributed by atoms with Gasteiger partial charge in [0.15, 0.2) is 0 Å². The first kappa shape index (κ1) is 12.8. The van der Waals surface area contributed by atoms with Crippen LogP contribution in [-0.2, 0) is 0 Å². The molecule has 20 heavy (non-hydrogen) atoms. The Kier molecular flexibility index (Phi) is 3.50. The van der Waals surface area contributed by atoms with Gasteiger partial charge in [-0.05, 0) is 30.9 Å². The standard InChI is InChI=1S/C15H18N4O/c1-12-4-7-18(8-5-12)15(20)13-2-3-14(17-10-13)19-9-6-16-11-19/h2-3,6,9-12H,4-5,7-8H2,1H3. The molecule has 104 valence electrons. The van der Waals surface area contributed by atoms with Crippen LogP contribution >= 0.6 is 0 Å². The smallest absolute Gasteiger partial charge is 0.255 e. The van der Waals surface area contributed by atoms with Gasteiger partial charge in [-0.3, -0.25) is 9.36 Å². The monoisotopic (exact) mass is 270 g/mol. The molecule has 5 heteroatoms. The van der Waals surface area contributed by atoms with E-state index >= 15 is 0 Å². The molecule has 0 spiro atoms. The molecule has 1 amide bonds. The first-order valence-electron chi connectivity index (χ1n) is 6.97. The average Bonchev–Trinajstić information content (AvgIpc) is 3.02. The van der Waals surface area contributed by atoms with Gasteiger partial charge in [0.1, 0.15) is 12.1 Å². The highest BCUT2D eigenvalue weighted by atomic mass is 16.2. The molecule has 0 aliphatic carbocycles. The van der Waals surface area contributed by atoms with Gasteiger partial charge in [0.05, 0.1) is 5.56 Å². The molecule has 0 N–H and O–H groups in total. The molecular formula is C15H18N4O. The molecule has 1 aliphatic heterocycles. The number of likely N-dealkylation sites (tertiary alicyclic amines) is 1. The van der Waals surface area contributed by atoms with Gasteiger partial charge in [0, 0.05) is 31.7 Å². The summed E-state index contributed by atoms with van der Waals surface area (Å²) in [7, 11) is 0. The molecular weight excluding hydrogens is 252 g/mol. The largest absolute Gasteiger partial charge is 0.339 e. The van der Waals surface area contributed by atoms with Crippen molar-refractivity contribution in [1.82, 2.24) is 19.4 Å². The zero-order chi connectivity index (χ0) is 13.9. The Morgan fingerprint density at radius 1 is 1.30 bits per heavy atom. The van der Waals surface area contributed by atoms with Crippen LogP contribution in [0.4, 0.5) is 0 Å². The first-order chi connectivity index (χ1) is 9.74. The molecule has 1 aliphatic rings. The van der Waals surface area contributed by atoms with Gasteiger partial charge in [-0.25, -0.2) is 9.97 Å². The van der Waals surface area contributed by atoms with Gasteiger partial charge in [0.2, 0.25) is 0 Å². The number of nitrogens with zero attached hydrogens (tertiary/aromatic N) is 4. The Bertz CT molecular complexity index is 568. The van der Waals surface area contributed by atoms with E-state index in [1.807, 2.05) is 27.8 Å². The lowest BCUT2D eigenvalue weighted by Gasteiger charge is -2.30. The lowest BCUT2D eigenvalue weighted by Crippen LogP contribution is -2.37. The lowest BCUT2D eigenvalue weighted by atomic mass is 9.99. The quantitative estimate of drug-likeness (QED) is 0.840. The molecule has 1 saturated heterocycles. The van der Waals surface area contributed by atoms with Crippen molar-refractivity contribution >= 4 is 5.91 Å². The first-order valence-corrected chi connectivity index (χ1v) is 6.97. The minimum atomic E-state index is 0.0848. The number of pyridine rings is 1. The molecule has 0 radical (unpaired) electrons. The molecule has 3 rings (SSSR count). The molecule has 0 unspecified atom stereocenters. The van der Waals surface area contributed by atoms with E-state index in [9.17, 15) is 4.79 Å². The summed E-state index contributed by atoms with van der Waals surface area (Å²) < 4.78 is 1.82. The summed E-state index contributed by atoms with van der Waals surface area (Å²) in [5, 5.41) is 0. The van der Waals surface area contributed by atoms with Crippen LogP contribution in [0.3, 0.4) is 0 Å². The number of amides is 1. The van der Waals surface area contributed by atoms with Crippen LogP contribution in [0, 0.1) is 5.92 Å². The van der Waals surface area contributed by atoms with E-state index in [2.05, 4.69) is 16.9 Å². The predicted octanol–water partition coefficient (Wildman–Crippen LogP) is 2.14. The number of carbonyl (C=O) groups excluding carboxylic acids is 1. The minimum absolute atomic E-state index is 0.0848. The van der Waals surface area contributed by atoms with Crippen LogP contribution in [0.1, 0.15) is 30.1 Å². The SMILES string of the molecule is CC1CCN(C(=O)c2ccc(-n3ccnc3)nc2)CC1. The number of piperidine rings is 1. The van der Waals surface area contributed by atoms with E-state index in [1.54, 1.807) is 18.7 Å². The van der Waals surface area contributed by atoms with Crippen LogP contribution < -0.4 is 0 Å². The van der Waals surface area contributed by atoms with Crippen LogP contribution in [0.2, 0.25) is 0 Å². The maximum absolute atomic E-state index is 12.4. The number of hydrogen-bond acceptors (Lipinski definition) is 3. The molecule has 5 nitrogen and oxygen atoms in total. The van der Waals surface area contributed by atoms with E-state index in [4.69, 9.17) is 0 Å². The molecule has 1 fully saturated rings. The van der Waals surface area contributed by atoms with Crippen molar-refractivity contribution < 1.29 is 4.79 Å². The number of hydrogen-bond donors (Lipinski definition) is 0. The third-order valence-corrected chi connectivity index (χ3v) is 3.83. The Morgan fingerprint density at radius 3 is 2.70 bits per heavy atom. The fraction of sp³-hybridized carbons (Fsp3) is 0.400. The Hall–Kier alpha value is -2.17. The van der Waals surface area contributed by atoms with Crippen molar-refractivity contribution in [1.29, 1.82) is 0 Å². The van der Waals surface area contributed by atoms with Gasteiger partial charge >= 0.3 is 0 Å². The summed E-state index contributed by atoms with van der Waals surface area (Å²) >= 11 is 0. The van der Waals surface area contributed by atoms with Crippen LogP contribution in [0.25, 0.3) is 5.82 Å². The highest BCUT2D eigenvalue weighted by Gasteiger charge is 2.21. The van der Waals surface area contributed by atoms with Gasteiger partial charge in [-0.1, -0.05) is 6.92 Å². The van der Waals surface area contributed by atoms with Crippen molar-refractivity contribution in [3.05, 3.63) is 42.6 Å². The van der Waals surface area contributed by atoms with Crippen molar-refractivity contribution in [2.24, 2.45) is 5.92 Å². The van der Waals surface area contributed by atoms with Gasteiger partial charge in [-0.15, -0.1) is 0 Å². The van der Waals surface area contributed by atoms with Crippen molar-refractivity contribution in [3.8, 4) is 5.82 Å². The molecule has 2 aromatic heterocycles. The van der Waals surface area contributed by atoms with E-state index < -0.39 is 0 Å². The van der Waals surface area contributed by atoms with Gasteiger partial charge in [-0.2, -0.15) is 0 Å². The zero-order valence-electron chi connectivity index (χ0n) is 11.6. The number of aromatic nitrogens is 3. The second kappa shape index (κ2) is 5.45. The summed E-state index contributed by atoms with van der Waals surface area (Å²) in [5.74, 6) is 1.58. The third-order valence-electron chi connectivity index (χ3n) is 3.83. The van der Waals surface area contributed by atoms with E-state index in [0.717, 1.165) is 37.7 Å². The topological polar surface area (TPSA) is 51.0 Å². The van der Waals surface area contributed by atoms with E-state index in [-0.39, 0.29) is 5.91 Å². The van der Waals surface area contributed by atoms with Gasteiger partial charge in [0.25, 0.3) is 5.91 Å². The Morgan fingerprint density at radius 2 is 2.10 bits per heavy atom. The molecule has 0 bridgehead atoms. The van der Waals surface area contributed by atoms with Crippen LogP contribution in [0.15, 0.2) is 37.1 Å². The number of carbonyl (C=O) groups is 1. The summed E-state index contributed by atoms with van der Waals surface area (Å²) in [6.45, 7) is 3.94. The summed E-state index contributed by atoms with van der Waals surface area (Å²) in [6.07, 6.45) is 9.05. The number of imidazole rings is 1. The maximum Gasteiger partial charge on any atom is 0.255 e. The second-order valence-corrected chi connectivity index (χ2v) is 5.35. The fourth-order valence-electron chi connectivity index (χ4n) is 2.45.